The lowest BCUT2D eigenvalue weighted by Gasteiger charge is -2.07. The summed E-state index contributed by atoms with van der Waals surface area (Å²) in [7, 11) is 1.56. The van der Waals surface area contributed by atoms with E-state index >= 15 is 0 Å². The molecule has 0 aliphatic heterocycles. The van der Waals surface area contributed by atoms with E-state index < -0.39 is 11.9 Å². The minimum absolute atomic E-state index is 0.227. The summed E-state index contributed by atoms with van der Waals surface area (Å²) in [6.45, 7) is 0.466. The minimum atomic E-state index is -4.41. The Morgan fingerprint density at radius 2 is 1.75 bits per heavy atom. The van der Waals surface area contributed by atoms with E-state index in [0.717, 1.165) is 6.07 Å². The smallest absolute Gasteiger partial charge is 0.435 e. The van der Waals surface area contributed by atoms with E-state index in [2.05, 4.69) is 5.10 Å². The van der Waals surface area contributed by atoms with Crippen LogP contribution in [-0.4, -0.2) is 23.5 Å². The lowest BCUT2D eigenvalue weighted by molar-refractivity contribution is -0.141. The van der Waals surface area contributed by atoms with Gasteiger partial charge in [0, 0.05) is 6.20 Å². The van der Waals surface area contributed by atoms with Gasteiger partial charge in [-0.15, -0.1) is 0 Å². The summed E-state index contributed by atoms with van der Waals surface area (Å²) >= 11 is 0. The predicted octanol–water partition coefficient (Wildman–Crippen LogP) is 2.99. The molecule has 0 saturated carbocycles. The first kappa shape index (κ1) is 14.2. The Labute approximate surface area is 113 Å². The van der Waals surface area contributed by atoms with E-state index in [1.165, 1.54) is 10.9 Å². The normalized spacial score (nSPS) is 11.4. The third-order valence-corrected chi connectivity index (χ3v) is 2.58. The van der Waals surface area contributed by atoms with Crippen molar-refractivity contribution in [1.29, 1.82) is 0 Å². The first-order valence-electron chi connectivity index (χ1n) is 5.86. The van der Waals surface area contributed by atoms with Crippen LogP contribution in [0.3, 0.4) is 0 Å². The summed E-state index contributed by atoms with van der Waals surface area (Å²) in [5, 5.41) is 3.43. The molecule has 0 N–H and O–H groups in total. The second kappa shape index (κ2) is 5.85. The number of ether oxygens (including phenoxy) is 2. The highest BCUT2D eigenvalue weighted by atomic mass is 19.4. The predicted molar refractivity (Wildman–Crippen MR) is 65.7 cm³/mol. The Morgan fingerprint density at radius 3 is 2.30 bits per heavy atom. The number of halogens is 3. The maximum atomic E-state index is 12.3. The quantitative estimate of drug-likeness (QED) is 0.847. The molecule has 0 radical (unpaired) electrons. The van der Waals surface area contributed by atoms with Crippen LogP contribution in [-0.2, 0) is 12.7 Å². The maximum Gasteiger partial charge on any atom is 0.435 e. The molecule has 7 heteroatoms. The number of benzene rings is 1. The van der Waals surface area contributed by atoms with Crippen LogP contribution >= 0.6 is 0 Å². The highest BCUT2D eigenvalue weighted by Gasteiger charge is 2.33. The van der Waals surface area contributed by atoms with Gasteiger partial charge in [-0.05, 0) is 30.3 Å². The van der Waals surface area contributed by atoms with Crippen molar-refractivity contribution < 1.29 is 22.6 Å². The number of aromatic nitrogens is 2. The summed E-state index contributed by atoms with van der Waals surface area (Å²) in [5.74, 6) is 1.33. The van der Waals surface area contributed by atoms with E-state index in [4.69, 9.17) is 9.47 Å². The van der Waals surface area contributed by atoms with Crippen LogP contribution in [0.2, 0.25) is 0 Å². The standard InChI is InChI=1S/C13H13F3N2O2/c1-19-10-2-4-11(5-3-10)20-9-8-18-7-6-12(17-18)13(14,15)16/h2-7H,8-9H2,1H3. The van der Waals surface area contributed by atoms with E-state index in [9.17, 15) is 13.2 Å². The fourth-order valence-corrected chi connectivity index (χ4v) is 1.57. The van der Waals surface area contributed by atoms with Gasteiger partial charge in [-0.1, -0.05) is 0 Å². The van der Waals surface area contributed by atoms with Gasteiger partial charge in [0.05, 0.1) is 13.7 Å². The van der Waals surface area contributed by atoms with Crippen molar-refractivity contribution in [2.24, 2.45) is 0 Å². The van der Waals surface area contributed by atoms with Crippen molar-refractivity contribution in [3.05, 3.63) is 42.2 Å². The molecule has 0 spiro atoms. The molecular formula is C13H13F3N2O2. The third kappa shape index (κ3) is 3.66. The highest BCUT2D eigenvalue weighted by molar-refractivity contribution is 5.31. The van der Waals surface area contributed by atoms with Crippen molar-refractivity contribution in [2.75, 3.05) is 13.7 Å². The van der Waals surface area contributed by atoms with Crippen LogP contribution in [0, 0.1) is 0 Å². The topological polar surface area (TPSA) is 36.3 Å². The molecule has 108 valence electrons. The Bertz CT molecular complexity index is 549. The van der Waals surface area contributed by atoms with Crippen molar-refractivity contribution in [1.82, 2.24) is 9.78 Å². The molecule has 1 aromatic carbocycles. The third-order valence-electron chi connectivity index (χ3n) is 2.58. The van der Waals surface area contributed by atoms with Crippen molar-refractivity contribution in [2.45, 2.75) is 12.7 Å². The average molecular weight is 286 g/mol. The summed E-state index contributed by atoms with van der Waals surface area (Å²) in [4.78, 5) is 0. The highest BCUT2D eigenvalue weighted by Crippen LogP contribution is 2.27. The van der Waals surface area contributed by atoms with Crippen LogP contribution in [0.5, 0.6) is 11.5 Å². The van der Waals surface area contributed by atoms with Crippen LogP contribution in [0.1, 0.15) is 5.69 Å². The number of hydrogen-bond acceptors (Lipinski definition) is 3. The fourth-order valence-electron chi connectivity index (χ4n) is 1.57. The molecule has 2 rings (SSSR count). The maximum absolute atomic E-state index is 12.3. The molecular weight excluding hydrogens is 273 g/mol. The monoisotopic (exact) mass is 286 g/mol. The Balaban J connectivity index is 1.84. The Morgan fingerprint density at radius 1 is 1.10 bits per heavy atom. The molecule has 2 aromatic rings. The van der Waals surface area contributed by atoms with Crippen molar-refractivity contribution >= 4 is 0 Å². The number of rotatable bonds is 5. The lowest BCUT2D eigenvalue weighted by atomic mass is 10.3. The molecule has 0 aliphatic rings. The average Bonchev–Trinajstić information content (AvgIpc) is 2.88. The second-order valence-electron chi connectivity index (χ2n) is 3.99. The Kier molecular flexibility index (Phi) is 4.16. The molecule has 1 aromatic heterocycles. The molecule has 0 bridgehead atoms. The van der Waals surface area contributed by atoms with Gasteiger partial charge in [-0.25, -0.2) is 0 Å². The minimum Gasteiger partial charge on any atom is -0.497 e. The fraction of sp³-hybridized carbons (Fsp3) is 0.308. The van der Waals surface area contributed by atoms with Gasteiger partial charge in [0.25, 0.3) is 0 Å². The van der Waals surface area contributed by atoms with Crippen LogP contribution in [0.25, 0.3) is 0 Å². The molecule has 0 unspecified atom stereocenters. The van der Waals surface area contributed by atoms with Gasteiger partial charge in [0.15, 0.2) is 5.69 Å². The lowest BCUT2D eigenvalue weighted by Crippen LogP contribution is -2.11. The zero-order valence-corrected chi connectivity index (χ0v) is 10.7. The molecule has 0 aliphatic carbocycles. The largest absolute Gasteiger partial charge is 0.497 e. The van der Waals surface area contributed by atoms with Gasteiger partial charge in [0.1, 0.15) is 18.1 Å². The van der Waals surface area contributed by atoms with E-state index in [-0.39, 0.29) is 13.2 Å². The molecule has 0 amide bonds. The van der Waals surface area contributed by atoms with Crippen molar-refractivity contribution in [3.63, 3.8) is 0 Å². The summed E-state index contributed by atoms with van der Waals surface area (Å²) in [6.07, 6.45) is -3.14. The van der Waals surface area contributed by atoms with E-state index in [0.29, 0.717) is 11.5 Å². The first-order chi connectivity index (χ1) is 9.49. The molecule has 0 atom stereocenters. The molecule has 20 heavy (non-hydrogen) atoms. The van der Waals surface area contributed by atoms with Gasteiger partial charge in [0.2, 0.25) is 0 Å². The van der Waals surface area contributed by atoms with E-state index in [1.807, 2.05) is 0 Å². The SMILES string of the molecule is COc1ccc(OCCn2ccc(C(F)(F)F)n2)cc1. The summed E-state index contributed by atoms with van der Waals surface area (Å²) in [5.41, 5.74) is -0.901. The summed E-state index contributed by atoms with van der Waals surface area (Å²) < 4.78 is 48.6. The van der Waals surface area contributed by atoms with Gasteiger partial charge >= 0.3 is 6.18 Å². The number of methoxy groups -OCH3 is 1. The van der Waals surface area contributed by atoms with Crippen LogP contribution in [0.4, 0.5) is 13.2 Å². The molecule has 1 heterocycles. The zero-order valence-electron chi connectivity index (χ0n) is 10.7. The molecule has 0 fully saturated rings. The molecule has 0 saturated heterocycles. The van der Waals surface area contributed by atoms with Gasteiger partial charge < -0.3 is 9.47 Å². The van der Waals surface area contributed by atoms with E-state index in [1.54, 1.807) is 31.4 Å². The summed E-state index contributed by atoms with van der Waals surface area (Å²) in [6, 6.07) is 7.87. The van der Waals surface area contributed by atoms with Gasteiger partial charge in [-0.3, -0.25) is 4.68 Å². The van der Waals surface area contributed by atoms with Crippen LogP contribution in [0.15, 0.2) is 36.5 Å². The number of alkyl halides is 3. The van der Waals surface area contributed by atoms with Crippen LogP contribution < -0.4 is 9.47 Å². The first-order valence-corrected chi connectivity index (χ1v) is 5.86. The molecule has 4 nitrogen and oxygen atoms in total. The Hall–Kier alpha value is -2.18. The number of hydrogen-bond donors (Lipinski definition) is 0. The zero-order chi connectivity index (χ0) is 14.6. The number of nitrogens with zero attached hydrogens (tertiary/aromatic N) is 2. The second-order valence-corrected chi connectivity index (χ2v) is 3.99. The van der Waals surface area contributed by atoms with Crippen molar-refractivity contribution in [3.8, 4) is 11.5 Å². The van der Waals surface area contributed by atoms with Gasteiger partial charge in [-0.2, -0.15) is 18.3 Å².